The van der Waals surface area contributed by atoms with Crippen molar-refractivity contribution in [2.24, 2.45) is 5.92 Å². The Hall–Kier alpha value is -4.26. The van der Waals surface area contributed by atoms with Gasteiger partial charge in [-0.25, -0.2) is 17.6 Å². The van der Waals surface area contributed by atoms with E-state index in [9.17, 15) is 31.9 Å². The predicted octanol–water partition coefficient (Wildman–Crippen LogP) is 5.82. The van der Waals surface area contributed by atoms with Crippen molar-refractivity contribution in [3.63, 3.8) is 0 Å². The van der Waals surface area contributed by atoms with Gasteiger partial charge < -0.3 is 24.8 Å². The molecule has 2 aromatic heterocycles. The normalized spacial score (nSPS) is 18.0. The van der Waals surface area contributed by atoms with Gasteiger partial charge in [0, 0.05) is 36.5 Å². The average molecular weight is 656 g/mol. The smallest absolute Gasteiger partial charge is 0.282 e. The number of aryl methyl sites for hydroxylation is 1. The van der Waals surface area contributed by atoms with E-state index >= 15 is 0 Å². The summed E-state index contributed by atoms with van der Waals surface area (Å²) in [6, 6.07) is 9.47. The van der Waals surface area contributed by atoms with E-state index in [-0.39, 0.29) is 40.5 Å². The number of aromatic nitrogens is 2. The van der Waals surface area contributed by atoms with E-state index in [1.165, 1.54) is 31.4 Å². The van der Waals surface area contributed by atoms with Gasteiger partial charge in [-0.1, -0.05) is 24.1 Å². The van der Waals surface area contributed by atoms with Crippen molar-refractivity contribution < 1.29 is 31.9 Å². The lowest BCUT2D eigenvalue weighted by atomic mass is 9.80. The molecule has 1 aliphatic heterocycles. The lowest BCUT2D eigenvalue weighted by Gasteiger charge is -2.39. The maximum absolute atomic E-state index is 13.6. The third kappa shape index (κ3) is 7.50. The second kappa shape index (κ2) is 13.1. The van der Waals surface area contributed by atoms with Crippen LogP contribution < -0.4 is 20.9 Å². The minimum Gasteiger partial charge on any atom is -0.472 e. The van der Waals surface area contributed by atoms with Gasteiger partial charge >= 0.3 is 0 Å². The zero-order valence-corrected chi connectivity index (χ0v) is 26.2. The maximum Gasteiger partial charge on any atom is 0.282 e. The van der Waals surface area contributed by atoms with Crippen LogP contribution in [0.3, 0.4) is 0 Å². The number of pyridine rings is 2. The van der Waals surface area contributed by atoms with Gasteiger partial charge in [-0.05, 0) is 80.3 Å². The highest BCUT2D eigenvalue weighted by atomic mass is 19.3. The molecular weight excluding hydrogens is 618 g/mol. The van der Waals surface area contributed by atoms with Crippen LogP contribution in [0.1, 0.15) is 76.9 Å². The Labute approximate surface area is 269 Å². The van der Waals surface area contributed by atoms with Gasteiger partial charge in [-0.3, -0.25) is 14.4 Å². The largest absolute Gasteiger partial charge is 0.472 e. The van der Waals surface area contributed by atoms with Crippen LogP contribution in [0.4, 0.5) is 23.4 Å². The molecule has 1 aromatic carbocycles. The number of carbonyl (C=O) groups is 2. The van der Waals surface area contributed by atoms with Gasteiger partial charge in [0.05, 0.1) is 13.1 Å². The molecule has 3 heterocycles. The van der Waals surface area contributed by atoms with E-state index in [0.29, 0.717) is 23.6 Å². The second-order valence-electron chi connectivity index (χ2n) is 12.9. The van der Waals surface area contributed by atoms with Crippen LogP contribution in [0, 0.1) is 12.8 Å². The summed E-state index contributed by atoms with van der Waals surface area (Å²) >= 11 is 0. The number of halogens is 4. The van der Waals surface area contributed by atoms with Crippen LogP contribution in [0.15, 0.2) is 47.4 Å². The first-order valence-electron chi connectivity index (χ1n) is 15.9. The molecule has 0 bridgehead atoms. The highest BCUT2D eigenvalue weighted by Crippen LogP contribution is 2.35. The molecule has 0 radical (unpaired) electrons. The first kappa shape index (κ1) is 32.7. The van der Waals surface area contributed by atoms with Crippen molar-refractivity contribution in [3.05, 3.63) is 75.2 Å². The zero-order valence-electron chi connectivity index (χ0n) is 26.2. The van der Waals surface area contributed by atoms with Crippen molar-refractivity contribution in [1.29, 1.82) is 0 Å². The summed E-state index contributed by atoms with van der Waals surface area (Å²) < 4.78 is 60.1. The molecule has 2 saturated carbocycles. The maximum atomic E-state index is 13.6. The van der Waals surface area contributed by atoms with E-state index < -0.39 is 49.4 Å². The standard InChI is InChI=1S/C34H37F4N5O4/c1-19-6-9-25(26(10-19)32(45)42-17-34(37,38)18-42)23-12-29(40-30(13-23)47-16-28(35)36)41-31(44)27-11-21(14-39-20(2)22-4-3-5-22)15-43(33(27)46)24-7-8-24/h6,9-13,15,20,22,24,28,39H,3-5,7-8,14,16-18H2,1-2H3,(H,40,41,44)/t20-/m0/s1. The summed E-state index contributed by atoms with van der Waals surface area (Å²) in [5, 5.41) is 6.13. The summed E-state index contributed by atoms with van der Waals surface area (Å²) in [5.41, 5.74) is 1.62. The van der Waals surface area contributed by atoms with Crippen molar-refractivity contribution in [1.82, 2.24) is 19.8 Å². The van der Waals surface area contributed by atoms with Gasteiger partial charge in [-0.2, -0.15) is 4.98 Å². The highest BCUT2D eigenvalue weighted by molar-refractivity contribution is 6.05. The third-order valence-electron chi connectivity index (χ3n) is 9.02. The van der Waals surface area contributed by atoms with E-state index in [2.05, 4.69) is 22.5 Å². The summed E-state index contributed by atoms with van der Waals surface area (Å²) in [6.07, 6.45) is 4.20. The fourth-order valence-electron chi connectivity index (χ4n) is 5.97. The molecule has 250 valence electrons. The average Bonchev–Trinajstić information content (AvgIpc) is 3.82. The van der Waals surface area contributed by atoms with E-state index in [1.807, 2.05) is 0 Å². The molecule has 0 unspecified atom stereocenters. The molecule has 47 heavy (non-hydrogen) atoms. The summed E-state index contributed by atoms with van der Waals surface area (Å²) in [7, 11) is 0. The Morgan fingerprint density at radius 1 is 1.06 bits per heavy atom. The number of nitrogens with one attached hydrogen (secondary N) is 2. The van der Waals surface area contributed by atoms with Crippen molar-refractivity contribution in [2.75, 3.05) is 25.0 Å². The summed E-state index contributed by atoms with van der Waals surface area (Å²) in [4.78, 5) is 45.5. The molecule has 3 aromatic rings. The van der Waals surface area contributed by atoms with Gasteiger partial charge in [0.25, 0.3) is 29.7 Å². The third-order valence-corrected chi connectivity index (χ3v) is 9.02. The molecule has 1 saturated heterocycles. The SMILES string of the molecule is Cc1ccc(-c2cc(NC(=O)c3cc(CN[C@@H](C)C4CCC4)cn(C4CC4)c3=O)nc(OCC(F)F)c2)c(C(=O)N2CC(F)(F)C2)c1. The van der Waals surface area contributed by atoms with Crippen molar-refractivity contribution in [3.8, 4) is 17.0 Å². The number of rotatable bonds is 12. The number of anilines is 1. The fraction of sp³-hybridized carbons (Fsp3) is 0.471. The number of nitrogens with zero attached hydrogens (tertiary/aromatic N) is 3. The number of likely N-dealkylation sites (tertiary alicyclic amines) is 1. The number of ether oxygens (including phenoxy) is 1. The number of amides is 2. The van der Waals surface area contributed by atoms with Crippen LogP contribution in [-0.2, 0) is 6.54 Å². The Bertz CT molecular complexity index is 1730. The molecule has 6 rings (SSSR count). The zero-order chi connectivity index (χ0) is 33.5. The van der Waals surface area contributed by atoms with Gasteiger partial charge in [0.15, 0.2) is 6.61 Å². The Morgan fingerprint density at radius 2 is 1.81 bits per heavy atom. The number of benzene rings is 1. The monoisotopic (exact) mass is 655 g/mol. The van der Waals surface area contributed by atoms with Gasteiger partial charge in [0.1, 0.15) is 11.4 Å². The lowest BCUT2D eigenvalue weighted by molar-refractivity contribution is -0.113. The van der Waals surface area contributed by atoms with Crippen LogP contribution in [0.5, 0.6) is 5.88 Å². The molecule has 13 heteroatoms. The topological polar surface area (TPSA) is 106 Å². The number of alkyl halides is 4. The number of hydrogen-bond donors (Lipinski definition) is 2. The quantitative estimate of drug-likeness (QED) is 0.239. The van der Waals surface area contributed by atoms with E-state index in [1.54, 1.807) is 42.0 Å². The van der Waals surface area contributed by atoms with Crippen LogP contribution in [0.2, 0.25) is 0 Å². The molecular formula is C34H37F4N5O4. The molecule has 0 spiro atoms. The predicted molar refractivity (Wildman–Crippen MR) is 167 cm³/mol. The van der Waals surface area contributed by atoms with Crippen LogP contribution >= 0.6 is 0 Å². The number of hydrogen-bond acceptors (Lipinski definition) is 6. The molecule has 3 fully saturated rings. The van der Waals surface area contributed by atoms with Gasteiger partial charge in [0.2, 0.25) is 5.88 Å². The molecule has 3 aliphatic rings. The first-order valence-corrected chi connectivity index (χ1v) is 15.9. The van der Waals surface area contributed by atoms with Crippen molar-refractivity contribution in [2.45, 2.75) is 76.9 Å². The Kier molecular flexibility index (Phi) is 9.10. The molecule has 9 nitrogen and oxygen atoms in total. The highest BCUT2D eigenvalue weighted by Gasteiger charge is 2.46. The van der Waals surface area contributed by atoms with Crippen LogP contribution in [0.25, 0.3) is 11.1 Å². The second-order valence-corrected chi connectivity index (χ2v) is 12.9. The van der Waals surface area contributed by atoms with Crippen LogP contribution in [-0.4, -0.2) is 64.4 Å². The van der Waals surface area contributed by atoms with E-state index in [0.717, 1.165) is 23.3 Å². The summed E-state index contributed by atoms with van der Waals surface area (Å²) in [5.74, 6) is -4.10. The molecule has 2 aliphatic carbocycles. The van der Waals surface area contributed by atoms with Crippen molar-refractivity contribution >= 4 is 17.6 Å². The minimum absolute atomic E-state index is 0.0118. The minimum atomic E-state index is -2.97. The Balaban J connectivity index is 1.31. The Morgan fingerprint density at radius 3 is 2.45 bits per heavy atom. The van der Waals surface area contributed by atoms with E-state index in [4.69, 9.17) is 4.74 Å². The fourth-order valence-corrected chi connectivity index (χ4v) is 5.97. The van der Waals surface area contributed by atoms with Gasteiger partial charge in [-0.15, -0.1) is 0 Å². The first-order chi connectivity index (χ1) is 22.4. The lowest BCUT2D eigenvalue weighted by Crippen LogP contribution is -2.58. The molecule has 2 N–H and O–H groups in total. The summed E-state index contributed by atoms with van der Waals surface area (Å²) in [6.45, 7) is 1.93. The molecule has 1 atom stereocenters. The number of carbonyl (C=O) groups excluding carboxylic acids is 2. The molecule has 2 amide bonds.